The van der Waals surface area contributed by atoms with E-state index < -0.39 is 0 Å². The van der Waals surface area contributed by atoms with E-state index in [4.69, 9.17) is 0 Å². The van der Waals surface area contributed by atoms with Crippen molar-refractivity contribution in [2.45, 2.75) is 19.3 Å². The van der Waals surface area contributed by atoms with E-state index in [9.17, 15) is 4.79 Å². The molecular formula is C17H22N6O. The Morgan fingerprint density at radius 1 is 1.29 bits per heavy atom. The lowest BCUT2D eigenvalue weighted by molar-refractivity contribution is 0.0821. The van der Waals surface area contributed by atoms with E-state index in [1.165, 1.54) is 11.2 Å². The van der Waals surface area contributed by atoms with Gasteiger partial charge in [-0.1, -0.05) is 0 Å². The number of amides is 1. The lowest BCUT2D eigenvalue weighted by Crippen LogP contribution is -2.36. The van der Waals surface area contributed by atoms with Gasteiger partial charge in [-0.3, -0.25) is 4.79 Å². The van der Waals surface area contributed by atoms with E-state index in [0.29, 0.717) is 11.6 Å². The van der Waals surface area contributed by atoms with Gasteiger partial charge in [-0.2, -0.15) is 0 Å². The van der Waals surface area contributed by atoms with Gasteiger partial charge in [0.1, 0.15) is 24.2 Å². The van der Waals surface area contributed by atoms with Crippen molar-refractivity contribution in [3.63, 3.8) is 0 Å². The standard InChI is InChI=1S/C17H22N6O/c1-22(2)17(24)15-9-14(19-12-20-15)8-13-4-3-7-23(10-13)16-5-6-18-11-21-16/h5-6,9,11-13H,3-4,7-8,10H2,1-2H3/t13-/m0/s1. The number of carbonyl (C=O) groups excluding carboxylic acids is 1. The molecule has 0 saturated carbocycles. The maximum absolute atomic E-state index is 12.0. The summed E-state index contributed by atoms with van der Waals surface area (Å²) in [6.45, 7) is 1.96. The summed E-state index contributed by atoms with van der Waals surface area (Å²) in [6, 6.07) is 3.76. The number of aromatic nitrogens is 4. The SMILES string of the molecule is CN(C)C(=O)c1cc(C[C@@H]2CCCN(c3ccncn3)C2)ncn1. The largest absolute Gasteiger partial charge is 0.356 e. The molecule has 3 heterocycles. The van der Waals surface area contributed by atoms with Crippen molar-refractivity contribution in [3.05, 3.63) is 42.4 Å². The Kier molecular flexibility index (Phi) is 4.98. The van der Waals surface area contributed by atoms with Crippen LogP contribution in [0.1, 0.15) is 29.0 Å². The van der Waals surface area contributed by atoms with E-state index >= 15 is 0 Å². The number of hydrogen-bond donors (Lipinski definition) is 0. The Bertz CT molecular complexity index is 690. The highest BCUT2D eigenvalue weighted by Crippen LogP contribution is 2.23. The van der Waals surface area contributed by atoms with Crippen molar-refractivity contribution >= 4 is 11.7 Å². The number of hydrogen-bond acceptors (Lipinski definition) is 6. The smallest absolute Gasteiger partial charge is 0.272 e. The van der Waals surface area contributed by atoms with Gasteiger partial charge in [0.25, 0.3) is 5.91 Å². The lowest BCUT2D eigenvalue weighted by Gasteiger charge is -2.33. The van der Waals surface area contributed by atoms with Crippen LogP contribution in [0.2, 0.25) is 0 Å². The molecule has 0 aliphatic carbocycles. The van der Waals surface area contributed by atoms with Crippen LogP contribution in [-0.2, 0) is 6.42 Å². The quantitative estimate of drug-likeness (QED) is 0.846. The Balaban J connectivity index is 1.67. The summed E-state index contributed by atoms with van der Waals surface area (Å²) in [6.07, 6.45) is 7.97. The highest BCUT2D eigenvalue weighted by molar-refractivity contribution is 5.91. The summed E-state index contributed by atoms with van der Waals surface area (Å²) < 4.78 is 0. The zero-order valence-electron chi connectivity index (χ0n) is 14.1. The fourth-order valence-corrected chi connectivity index (χ4v) is 3.06. The molecule has 2 aromatic rings. The number of carbonyl (C=O) groups is 1. The first kappa shape index (κ1) is 16.3. The third-order valence-electron chi connectivity index (χ3n) is 4.26. The summed E-state index contributed by atoms with van der Waals surface area (Å²) in [5.74, 6) is 1.37. The fraction of sp³-hybridized carbons (Fsp3) is 0.471. The average molecular weight is 326 g/mol. The minimum Gasteiger partial charge on any atom is -0.356 e. The summed E-state index contributed by atoms with van der Waals surface area (Å²) in [5.41, 5.74) is 1.37. The van der Waals surface area contributed by atoms with Crippen LogP contribution in [0.25, 0.3) is 0 Å². The maximum atomic E-state index is 12.0. The molecule has 1 saturated heterocycles. The van der Waals surface area contributed by atoms with Crippen molar-refractivity contribution in [2.24, 2.45) is 5.92 Å². The molecule has 2 aromatic heterocycles. The molecule has 126 valence electrons. The first-order valence-corrected chi connectivity index (χ1v) is 8.17. The molecule has 0 spiro atoms. The Morgan fingerprint density at radius 3 is 2.92 bits per heavy atom. The molecule has 1 fully saturated rings. The molecule has 0 aromatic carbocycles. The second-order valence-corrected chi connectivity index (χ2v) is 6.32. The van der Waals surface area contributed by atoms with Crippen LogP contribution < -0.4 is 4.90 Å². The predicted molar refractivity (Wildman–Crippen MR) is 90.7 cm³/mol. The lowest BCUT2D eigenvalue weighted by atomic mass is 9.93. The minimum atomic E-state index is -0.0927. The van der Waals surface area contributed by atoms with Crippen LogP contribution >= 0.6 is 0 Å². The van der Waals surface area contributed by atoms with Gasteiger partial charge < -0.3 is 9.80 Å². The van der Waals surface area contributed by atoms with E-state index in [1.54, 1.807) is 26.6 Å². The monoisotopic (exact) mass is 326 g/mol. The highest BCUT2D eigenvalue weighted by atomic mass is 16.2. The van der Waals surface area contributed by atoms with Crippen LogP contribution in [0, 0.1) is 5.92 Å². The third-order valence-corrected chi connectivity index (χ3v) is 4.26. The van der Waals surface area contributed by atoms with Crippen LogP contribution in [0.4, 0.5) is 5.82 Å². The maximum Gasteiger partial charge on any atom is 0.272 e. The number of rotatable bonds is 4. The molecule has 0 radical (unpaired) electrons. The van der Waals surface area contributed by atoms with Gasteiger partial charge in [-0.15, -0.1) is 0 Å². The van der Waals surface area contributed by atoms with Gasteiger partial charge in [-0.25, -0.2) is 19.9 Å². The van der Waals surface area contributed by atoms with E-state index in [2.05, 4.69) is 24.8 Å². The normalized spacial score (nSPS) is 17.6. The summed E-state index contributed by atoms with van der Waals surface area (Å²) in [7, 11) is 3.45. The van der Waals surface area contributed by atoms with Crippen LogP contribution in [0.15, 0.2) is 31.0 Å². The van der Waals surface area contributed by atoms with E-state index in [0.717, 1.165) is 43.9 Å². The first-order chi connectivity index (χ1) is 11.6. The summed E-state index contributed by atoms with van der Waals surface area (Å²) in [5, 5.41) is 0. The van der Waals surface area contributed by atoms with Gasteiger partial charge in [0.15, 0.2) is 0 Å². The Morgan fingerprint density at radius 2 is 2.17 bits per heavy atom. The molecule has 1 aliphatic rings. The van der Waals surface area contributed by atoms with Crippen LogP contribution in [0.3, 0.4) is 0 Å². The molecule has 3 rings (SSSR count). The predicted octanol–water partition coefficient (Wildman–Crippen LogP) is 1.43. The number of piperidine rings is 1. The van der Waals surface area contributed by atoms with Gasteiger partial charge >= 0.3 is 0 Å². The molecule has 1 aliphatic heterocycles. The van der Waals surface area contributed by atoms with Crippen molar-refractivity contribution in [2.75, 3.05) is 32.1 Å². The fourth-order valence-electron chi connectivity index (χ4n) is 3.06. The average Bonchev–Trinajstić information content (AvgIpc) is 2.62. The second kappa shape index (κ2) is 7.33. The summed E-state index contributed by atoms with van der Waals surface area (Å²) in [4.78, 5) is 32.6. The van der Waals surface area contributed by atoms with Gasteiger partial charge in [-0.05, 0) is 37.3 Å². The zero-order valence-corrected chi connectivity index (χ0v) is 14.1. The molecule has 0 unspecified atom stereocenters. The molecule has 7 nitrogen and oxygen atoms in total. The summed E-state index contributed by atoms with van der Waals surface area (Å²) >= 11 is 0. The third kappa shape index (κ3) is 3.84. The molecule has 0 N–H and O–H groups in total. The number of anilines is 1. The highest BCUT2D eigenvalue weighted by Gasteiger charge is 2.22. The molecule has 1 amide bonds. The molecule has 24 heavy (non-hydrogen) atoms. The molecule has 7 heteroatoms. The number of nitrogens with zero attached hydrogens (tertiary/aromatic N) is 6. The topological polar surface area (TPSA) is 75.1 Å². The Labute approximate surface area is 141 Å². The Hall–Kier alpha value is -2.57. The molecule has 1 atom stereocenters. The van der Waals surface area contributed by atoms with Crippen molar-refractivity contribution < 1.29 is 4.79 Å². The van der Waals surface area contributed by atoms with Crippen LogP contribution in [0.5, 0.6) is 0 Å². The van der Waals surface area contributed by atoms with Gasteiger partial charge in [0.2, 0.25) is 0 Å². The van der Waals surface area contributed by atoms with Crippen LogP contribution in [-0.4, -0.2) is 57.9 Å². The minimum absolute atomic E-state index is 0.0927. The van der Waals surface area contributed by atoms with Gasteiger partial charge in [0.05, 0.1) is 0 Å². The van der Waals surface area contributed by atoms with Gasteiger partial charge in [0, 0.05) is 39.1 Å². The van der Waals surface area contributed by atoms with E-state index in [-0.39, 0.29) is 5.91 Å². The van der Waals surface area contributed by atoms with Crippen molar-refractivity contribution in [3.8, 4) is 0 Å². The second-order valence-electron chi connectivity index (χ2n) is 6.32. The zero-order chi connectivity index (χ0) is 16.9. The molecule has 0 bridgehead atoms. The van der Waals surface area contributed by atoms with Crippen molar-refractivity contribution in [1.29, 1.82) is 0 Å². The van der Waals surface area contributed by atoms with E-state index in [1.807, 2.05) is 12.1 Å². The first-order valence-electron chi connectivity index (χ1n) is 8.17. The molecular weight excluding hydrogens is 304 g/mol. The van der Waals surface area contributed by atoms with Crippen molar-refractivity contribution in [1.82, 2.24) is 24.8 Å².